The van der Waals surface area contributed by atoms with Gasteiger partial charge in [-0.3, -0.25) is 0 Å². The van der Waals surface area contributed by atoms with Crippen molar-refractivity contribution in [3.63, 3.8) is 0 Å². The average molecular weight is 499 g/mol. The molecule has 0 nitrogen and oxygen atoms in total. The Morgan fingerprint density at radius 2 is 0.853 bits per heavy atom. The summed E-state index contributed by atoms with van der Waals surface area (Å²) < 4.78 is 0. The molecule has 6 rings (SSSR count). The molecule has 0 saturated carbocycles. The molecule has 0 spiro atoms. The van der Waals surface area contributed by atoms with Crippen molar-refractivity contribution < 1.29 is 0 Å². The average Bonchev–Trinajstić information content (AvgIpc) is 2.92. The van der Waals surface area contributed by atoms with Crippen molar-refractivity contribution in [1.82, 2.24) is 0 Å². The van der Waals surface area contributed by atoms with Gasteiger partial charge in [0, 0.05) is 5.33 Å². The summed E-state index contributed by atoms with van der Waals surface area (Å²) in [5, 5.41) is 6.01. The molecule has 0 radical (unpaired) electrons. The summed E-state index contributed by atoms with van der Waals surface area (Å²) in [5.41, 5.74) is 8.84. The SMILES string of the molecule is BrCc1ccc(-c2ccc3c(-c4ccccc4)c4ccccc4c(-c4ccccc4)c3c2)cc1. The maximum atomic E-state index is 3.56. The number of hydrogen-bond donors (Lipinski definition) is 0. The van der Waals surface area contributed by atoms with E-state index in [1.807, 2.05) is 0 Å². The first-order valence-corrected chi connectivity index (χ1v) is 12.7. The zero-order valence-corrected chi connectivity index (χ0v) is 20.3. The highest BCUT2D eigenvalue weighted by molar-refractivity contribution is 9.08. The molecule has 162 valence electrons. The largest absolute Gasteiger partial charge is 0.0876 e. The lowest BCUT2D eigenvalue weighted by Crippen LogP contribution is -1.91. The molecule has 0 fully saturated rings. The van der Waals surface area contributed by atoms with Gasteiger partial charge in [-0.1, -0.05) is 137 Å². The van der Waals surface area contributed by atoms with Crippen LogP contribution in [0.4, 0.5) is 0 Å². The number of rotatable bonds is 4. The third-order valence-corrected chi connectivity index (χ3v) is 7.24. The third kappa shape index (κ3) is 3.63. The summed E-state index contributed by atoms with van der Waals surface area (Å²) >= 11 is 3.56. The molecule has 0 saturated heterocycles. The maximum absolute atomic E-state index is 3.56. The Morgan fingerprint density at radius 1 is 0.382 bits per heavy atom. The highest BCUT2D eigenvalue weighted by Crippen LogP contribution is 2.44. The van der Waals surface area contributed by atoms with Gasteiger partial charge in [-0.25, -0.2) is 0 Å². The van der Waals surface area contributed by atoms with Gasteiger partial charge in [0.05, 0.1) is 0 Å². The monoisotopic (exact) mass is 498 g/mol. The van der Waals surface area contributed by atoms with Gasteiger partial charge in [0.1, 0.15) is 0 Å². The standard InChI is InChI=1S/C33H23Br/c34-22-23-15-17-24(18-16-23)27-19-20-30-31(21-27)33(26-11-5-2-6-12-26)29-14-8-7-13-28(29)32(30)25-9-3-1-4-10-25/h1-21H,22H2. The lowest BCUT2D eigenvalue weighted by molar-refractivity contribution is 1.44. The Labute approximate surface area is 208 Å². The second-order valence-electron chi connectivity index (χ2n) is 8.62. The van der Waals surface area contributed by atoms with Crippen LogP contribution in [-0.2, 0) is 5.33 Å². The van der Waals surface area contributed by atoms with Crippen LogP contribution in [0.5, 0.6) is 0 Å². The minimum absolute atomic E-state index is 0.871. The molecule has 6 aromatic rings. The second-order valence-corrected chi connectivity index (χ2v) is 9.18. The van der Waals surface area contributed by atoms with Crippen molar-refractivity contribution >= 4 is 37.5 Å². The molecule has 0 amide bonds. The Kier molecular flexibility index (Phi) is 5.49. The van der Waals surface area contributed by atoms with Crippen LogP contribution in [-0.4, -0.2) is 0 Å². The number of hydrogen-bond acceptors (Lipinski definition) is 0. The number of fused-ring (bicyclic) bond motifs is 2. The lowest BCUT2D eigenvalue weighted by atomic mass is 9.85. The van der Waals surface area contributed by atoms with Crippen LogP contribution in [0.2, 0.25) is 0 Å². The summed E-state index contributed by atoms with van der Waals surface area (Å²) in [6.07, 6.45) is 0. The van der Waals surface area contributed by atoms with E-state index in [-0.39, 0.29) is 0 Å². The molecule has 0 N–H and O–H groups in total. The van der Waals surface area contributed by atoms with Crippen molar-refractivity contribution in [2.75, 3.05) is 0 Å². The first-order valence-electron chi connectivity index (χ1n) is 11.6. The quantitative estimate of drug-likeness (QED) is 0.167. The minimum atomic E-state index is 0.871. The third-order valence-electron chi connectivity index (χ3n) is 6.59. The van der Waals surface area contributed by atoms with E-state index in [1.54, 1.807) is 0 Å². The van der Waals surface area contributed by atoms with Gasteiger partial charge in [-0.15, -0.1) is 0 Å². The highest BCUT2D eigenvalue weighted by atomic mass is 79.9. The lowest BCUT2D eigenvalue weighted by Gasteiger charge is -2.18. The maximum Gasteiger partial charge on any atom is 0.0283 e. The zero-order chi connectivity index (χ0) is 22.9. The Bertz CT molecular complexity index is 1600. The van der Waals surface area contributed by atoms with Crippen LogP contribution >= 0.6 is 15.9 Å². The van der Waals surface area contributed by atoms with Gasteiger partial charge in [0.2, 0.25) is 0 Å². The van der Waals surface area contributed by atoms with Crippen LogP contribution in [0.25, 0.3) is 54.9 Å². The zero-order valence-electron chi connectivity index (χ0n) is 18.7. The normalized spacial score (nSPS) is 11.2. The van der Waals surface area contributed by atoms with Gasteiger partial charge in [-0.05, 0) is 66.6 Å². The molecule has 1 heteroatoms. The molecule has 0 unspecified atom stereocenters. The van der Waals surface area contributed by atoms with Crippen molar-refractivity contribution in [3.05, 3.63) is 133 Å². The summed E-state index contributed by atoms with van der Waals surface area (Å²) in [4.78, 5) is 0. The molecule has 0 bridgehead atoms. The van der Waals surface area contributed by atoms with Crippen LogP contribution in [0.1, 0.15) is 5.56 Å². The highest BCUT2D eigenvalue weighted by Gasteiger charge is 2.17. The molecule has 0 aliphatic heterocycles. The van der Waals surface area contributed by atoms with Gasteiger partial charge in [0.25, 0.3) is 0 Å². The van der Waals surface area contributed by atoms with Crippen molar-refractivity contribution in [3.8, 4) is 33.4 Å². The van der Waals surface area contributed by atoms with E-state index in [0.717, 1.165) is 5.33 Å². The van der Waals surface area contributed by atoms with E-state index in [9.17, 15) is 0 Å². The molecule has 0 atom stereocenters. The summed E-state index contributed by atoms with van der Waals surface area (Å²) in [5.74, 6) is 0. The summed E-state index contributed by atoms with van der Waals surface area (Å²) in [6, 6.07) is 46.2. The molecule has 34 heavy (non-hydrogen) atoms. The van der Waals surface area contributed by atoms with E-state index in [1.165, 1.54) is 60.5 Å². The number of alkyl halides is 1. The fourth-order valence-electron chi connectivity index (χ4n) is 4.98. The van der Waals surface area contributed by atoms with E-state index < -0.39 is 0 Å². The summed E-state index contributed by atoms with van der Waals surface area (Å²) in [7, 11) is 0. The van der Waals surface area contributed by atoms with Crippen LogP contribution < -0.4 is 0 Å². The van der Waals surface area contributed by atoms with Gasteiger partial charge < -0.3 is 0 Å². The first kappa shape index (κ1) is 20.9. The van der Waals surface area contributed by atoms with Crippen molar-refractivity contribution in [2.45, 2.75) is 5.33 Å². The fraction of sp³-hybridized carbons (Fsp3) is 0.0303. The topological polar surface area (TPSA) is 0 Å². The van der Waals surface area contributed by atoms with E-state index in [2.05, 4.69) is 143 Å². The Hall–Kier alpha value is -3.68. The molecule has 6 aromatic carbocycles. The number of halogens is 1. The van der Waals surface area contributed by atoms with Gasteiger partial charge >= 0.3 is 0 Å². The van der Waals surface area contributed by atoms with Gasteiger partial charge in [0.15, 0.2) is 0 Å². The molecule has 0 aliphatic rings. The first-order chi connectivity index (χ1) is 16.8. The molecular formula is C33H23Br. The Balaban J connectivity index is 1.74. The van der Waals surface area contributed by atoms with Crippen LogP contribution in [0.3, 0.4) is 0 Å². The number of benzene rings is 6. The van der Waals surface area contributed by atoms with E-state index >= 15 is 0 Å². The molecular weight excluding hydrogens is 476 g/mol. The predicted molar refractivity (Wildman–Crippen MR) is 150 cm³/mol. The molecule has 0 aromatic heterocycles. The van der Waals surface area contributed by atoms with Crippen LogP contribution in [0.15, 0.2) is 127 Å². The molecule has 0 aliphatic carbocycles. The van der Waals surface area contributed by atoms with Gasteiger partial charge in [-0.2, -0.15) is 0 Å². The Morgan fingerprint density at radius 3 is 1.41 bits per heavy atom. The molecule has 0 heterocycles. The van der Waals surface area contributed by atoms with Crippen molar-refractivity contribution in [2.24, 2.45) is 0 Å². The summed E-state index contributed by atoms with van der Waals surface area (Å²) in [6.45, 7) is 0. The second kappa shape index (κ2) is 8.93. The van der Waals surface area contributed by atoms with E-state index in [4.69, 9.17) is 0 Å². The minimum Gasteiger partial charge on any atom is -0.0876 e. The predicted octanol–water partition coefficient (Wildman–Crippen LogP) is 9.89. The fourth-order valence-corrected chi connectivity index (χ4v) is 5.35. The van der Waals surface area contributed by atoms with E-state index in [0.29, 0.717) is 0 Å². The van der Waals surface area contributed by atoms with Crippen LogP contribution in [0, 0.1) is 0 Å². The smallest absolute Gasteiger partial charge is 0.0283 e. The van der Waals surface area contributed by atoms with Crippen molar-refractivity contribution in [1.29, 1.82) is 0 Å².